The Bertz CT molecular complexity index is 991. The van der Waals surface area contributed by atoms with Crippen LogP contribution in [0, 0.1) is 0 Å². The molecule has 0 heterocycles. The molecule has 0 atom stereocenters. The minimum atomic E-state index is -4.99. The largest absolute Gasteiger partial charge is 0.744 e. The molecule has 21 heavy (non-hydrogen) atoms. The van der Waals surface area contributed by atoms with Gasteiger partial charge in [0.2, 0.25) is 0 Å². The highest BCUT2D eigenvalue weighted by molar-refractivity contribution is 7.86. The maximum absolute atomic E-state index is 11.2. The van der Waals surface area contributed by atoms with Crippen LogP contribution in [0.4, 0.5) is 5.69 Å². The molecule has 0 aliphatic rings. The van der Waals surface area contributed by atoms with E-state index in [2.05, 4.69) is 10.0 Å². The number of hydrogen-bond acceptors (Lipinski definition) is 7. The molecule has 0 radical (unpaired) electrons. The van der Waals surface area contributed by atoms with Gasteiger partial charge in [-0.15, -0.1) is 0 Å². The van der Waals surface area contributed by atoms with E-state index in [4.69, 9.17) is 5.53 Å². The number of benzene rings is 2. The summed E-state index contributed by atoms with van der Waals surface area (Å²) in [5, 5.41) is 3.17. The van der Waals surface area contributed by atoms with Crippen molar-refractivity contribution in [2.75, 3.05) is 0 Å². The van der Waals surface area contributed by atoms with Crippen LogP contribution in [0.5, 0.6) is 0 Å². The molecule has 0 saturated carbocycles. The maximum atomic E-state index is 11.2. The molecule has 0 unspecified atom stereocenters. The molecule has 2 aromatic rings. The summed E-state index contributed by atoms with van der Waals surface area (Å²) in [6.45, 7) is 0. The molecular formula is C10H5N3O6S2-2. The predicted octanol–water partition coefficient (Wildman–Crippen LogP) is 1.59. The molecule has 2 aromatic carbocycles. The van der Waals surface area contributed by atoms with E-state index in [9.17, 15) is 25.9 Å². The van der Waals surface area contributed by atoms with E-state index in [0.29, 0.717) is 6.07 Å². The molecule has 11 heteroatoms. The molecule has 9 nitrogen and oxygen atoms in total. The summed E-state index contributed by atoms with van der Waals surface area (Å²) in [7, 11) is -9.95. The molecule has 0 fully saturated rings. The lowest BCUT2D eigenvalue weighted by Gasteiger charge is -2.15. The monoisotopic (exact) mass is 327 g/mol. The van der Waals surface area contributed by atoms with Crippen LogP contribution in [0.15, 0.2) is 45.2 Å². The van der Waals surface area contributed by atoms with Gasteiger partial charge in [-0.1, -0.05) is 17.2 Å². The molecule has 0 aliphatic carbocycles. The van der Waals surface area contributed by atoms with Gasteiger partial charge in [0.1, 0.15) is 20.2 Å². The highest BCUT2D eigenvalue weighted by Crippen LogP contribution is 2.30. The topological polar surface area (TPSA) is 163 Å². The van der Waals surface area contributed by atoms with Gasteiger partial charge >= 0.3 is 0 Å². The van der Waals surface area contributed by atoms with Gasteiger partial charge < -0.3 is 9.11 Å². The van der Waals surface area contributed by atoms with Crippen LogP contribution < -0.4 is 0 Å². The normalized spacial score (nSPS) is 12.1. The summed E-state index contributed by atoms with van der Waals surface area (Å²) in [6.07, 6.45) is 0. The van der Waals surface area contributed by atoms with E-state index in [1.54, 1.807) is 0 Å². The SMILES string of the molecule is [N-]=[N+]=Nc1ccc2c(S(=O)(=O)[O-])cc(S(=O)(=O)[O-])cc2c1. The summed E-state index contributed by atoms with van der Waals surface area (Å²) in [5.41, 5.74) is 8.40. The van der Waals surface area contributed by atoms with Crippen molar-refractivity contribution in [3.63, 3.8) is 0 Å². The van der Waals surface area contributed by atoms with Crippen LogP contribution in [-0.2, 0) is 20.2 Å². The van der Waals surface area contributed by atoms with Crippen LogP contribution >= 0.6 is 0 Å². The third-order valence-corrected chi connectivity index (χ3v) is 4.28. The van der Waals surface area contributed by atoms with Gasteiger partial charge in [0.25, 0.3) is 0 Å². The molecule has 0 saturated heterocycles. The Balaban J connectivity index is 2.98. The van der Waals surface area contributed by atoms with Gasteiger partial charge in [-0.3, -0.25) is 0 Å². The predicted molar refractivity (Wildman–Crippen MR) is 68.7 cm³/mol. The first kappa shape index (κ1) is 15.2. The van der Waals surface area contributed by atoms with Crippen molar-refractivity contribution in [1.29, 1.82) is 0 Å². The minimum Gasteiger partial charge on any atom is -0.744 e. The Labute approximate surface area is 119 Å². The van der Waals surface area contributed by atoms with Crippen molar-refractivity contribution < 1.29 is 25.9 Å². The highest BCUT2D eigenvalue weighted by atomic mass is 32.2. The van der Waals surface area contributed by atoms with Crippen molar-refractivity contribution in [3.8, 4) is 0 Å². The first-order chi connectivity index (χ1) is 9.63. The van der Waals surface area contributed by atoms with Crippen LogP contribution in [0.3, 0.4) is 0 Å². The Morgan fingerprint density at radius 3 is 2.19 bits per heavy atom. The lowest BCUT2D eigenvalue weighted by Crippen LogP contribution is -2.04. The highest BCUT2D eigenvalue weighted by Gasteiger charge is 2.13. The number of azide groups is 1. The summed E-state index contributed by atoms with van der Waals surface area (Å²) < 4.78 is 66.7. The van der Waals surface area contributed by atoms with Crippen molar-refractivity contribution >= 4 is 36.7 Å². The number of nitrogens with zero attached hydrogens (tertiary/aromatic N) is 3. The molecule has 0 bridgehead atoms. The van der Waals surface area contributed by atoms with E-state index < -0.39 is 30.0 Å². The van der Waals surface area contributed by atoms with Crippen molar-refractivity contribution in [3.05, 3.63) is 40.8 Å². The van der Waals surface area contributed by atoms with Crippen LogP contribution in [-0.4, -0.2) is 25.9 Å². The Hall–Kier alpha value is -2.17. The zero-order valence-corrected chi connectivity index (χ0v) is 11.6. The molecule has 0 spiro atoms. The average molecular weight is 327 g/mol. The molecule has 0 N–H and O–H groups in total. The van der Waals surface area contributed by atoms with Gasteiger partial charge in [-0.25, -0.2) is 16.8 Å². The Kier molecular flexibility index (Phi) is 3.61. The van der Waals surface area contributed by atoms with E-state index in [0.717, 1.165) is 6.07 Å². The van der Waals surface area contributed by atoms with Gasteiger partial charge in [-0.2, -0.15) is 0 Å². The zero-order chi connectivity index (χ0) is 15.8. The quantitative estimate of drug-likeness (QED) is 0.359. The van der Waals surface area contributed by atoms with E-state index in [1.165, 1.54) is 18.2 Å². The second-order valence-corrected chi connectivity index (χ2v) is 6.65. The molecule has 2 rings (SSSR count). The smallest absolute Gasteiger partial charge is 0.125 e. The number of rotatable bonds is 3. The van der Waals surface area contributed by atoms with E-state index in [-0.39, 0.29) is 16.5 Å². The minimum absolute atomic E-state index is 0.0220. The fraction of sp³-hybridized carbons (Fsp3) is 0. The Morgan fingerprint density at radius 2 is 1.67 bits per heavy atom. The summed E-state index contributed by atoms with van der Waals surface area (Å²) in [6, 6.07) is 5.02. The zero-order valence-electron chi connectivity index (χ0n) is 9.99. The number of hydrogen-bond donors (Lipinski definition) is 0. The Morgan fingerprint density at radius 1 is 1.00 bits per heavy atom. The molecular weight excluding hydrogens is 322 g/mol. The average Bonchev–Trinajstić information content (AvgIpc) is 2.35. The third-order valence-electron chi connectivity index (χ3n) is 2.59. The maximum Gasteiger partial charge on any atom is 0.125 e. The second kappa shape index (κ2) is 4.98. The van der Waals surface area contributed by atoms with Crippen molar-refractivity contribution in [1.82, 2.24) is 0 Å². The fourth-order valence-corrected chi connectivity index (χ4v) is 3.10. The summed E-state index contributed by atoms with van der Waals surface area (Å²) in [4.78, 5) is 0.830. The van der Waals surface area contributed by atoms with Gasteiger partial charge in [0.15, 0.2) is 0 Å². The second-order valence-electron chi connectivity index (χ2n) is 3.92. The molecule has 0 aromatic heterocycles. The first-order valence-electron chi connectivity index (χ1n) is 5.17. The van der Waals surface area contributed by atoms with E-state index >= 15 is 0 Å². The van der Waals surface area contributed by atoms with Crippen molar-refractivity contribution in [2.24, 2.45) is 5.11 Å². The van der Waals surface area contributed by atoms with Gasteiger partial charge in [-0.05, 0) is 34.5 Å². The van der Waals surface area contributed by atoms with Crippen LogP contribution in [0.25, 0.3) is 21.2 Å². The third kappa shape index (κ3) is 3.12. The van der Waals surface area contributed by atoms with E-state index in [1.807, 2.05) is 0 Å². The summed E-state index contributed by atoms with van der Waals surface area (Å²) >= 11 is 0. The van der Waals surface area contributed by atoms with Gasteiger partial charge in [0.05, 0.1) is 9.79 Å². The lowest BCUT2D eigenvalue weighted by molar-refractivity contribution is 0.462. The van der Waals surface area contributed by atoms with Crippen LogP contribution in [0.1, 0.15) is 0 Å². The van der Waals surface area contributed by atoms with Crippen molar-refractivity contribution in [2.45, 2.75) is 9.79 Å². The fourth-order valence-electron chi connectivity index (χ4n) is 1.76. The lowest BCUT2D eigenvalue weighted by atomic mass is 10.1. The molecule has 0 aliphatic heterocycles. The molecule has 0 amide bonds. The van der Waals surface area contributed by atoms with Crippen LogP contribution in [0.2, 0.25) is 0 Å². The number of fused-ring (bicyclic) bond motifs is 1. The van der Waals surface area contributed by atoms with Gasteiger partial charge in [0, 0.05) is 10.6 Å². The first-order valence-corrected chi connectivity index (χ1v) is 7.99. The summed E-state index contributed by atoms with van der Waals surface area (Å²) in [5.74, 6) is 0. The molecule has 110 valence electrons. The standard InChI is InChI=1S/C10H7N3O6S2/c11-13-12-7-1-2-9-6(3-7)4-8(20(14,15)16)5-10(9)21(17,18)19/h1-5H,(H,14,15,16)(H,17,18,19)/p-2.